The van der Waals surface area contributed by atoms with Gasteiger partial charge in [0.15, 0.2) is 0 Å². The van der Waals surface area contributed by atoms with Gasteiger partial charge in [0.2, 0.25) is 5.91 Å². The van der Waals surface area contributed by atoms with Crippen molar-refractivity contribution < 1.29 is 9.53 Å². The number of para-hydroxylation sites is 2. The van der Waals surface area contributed by atoms with Gasteiger partial charge in [0, 0.05) is 29.8 Å². The molecule has 27 heavy (non-hydrogen) atoms. The van der Waals surface area contributed by atoms with E-state index >= 15 is 0 Å². The highest BCUT2D eigenvalue weighted by molar-refractivity contribution is 5.84. The van der Waals surface area contributed by atoms with Crippen LogP contribution in [-0.2, 0) is 11.3 Å². The first-order chi connectivity index (χ1) is 13.3. The topological polar surface area (TPSA) is 56.2 Å². The van der Waals surface area contributed by atoms with Gasteiger partial charge in [-0.05, 0) is 36.1 Å². The molecule has 0 unspecified atom stereocenters. The van der Waals surface area contributed by atoms with Gasteiger partial charge < -0.3 is 14.6 Å². The highest BCUT2D eigenvalue weighted by Gasteiger charge is 2.06. The van der Waals surface area contributed by atoms with Gasteiger partial charge in [-0.15, -0.1) is 0 Å². The molecule has 0 aliphatic rings. The highest BCUT2D eigenvalue weighted by atomic mass is 16.5. The van der Waals surface area contributed by atoms with Gasteiger partial charge >= 0.3 is 0 Å². The number of carbonyl (C=O) groups is 1. The van der Waals surface area contributed by atoms with Crippen molar-refractivity contribution in [2.75, 3.05) is 13.2 Å². The molecule has 4 rings (SSSR count). The number of amides is 1. The molecule has 0 atom stereocenters. The summed E-state index contributed by atoms with van der Waals surface area (Å²) in [5, 5.41) is 5.15. The molecule has 136 valence electrons. The Morgan fingerprint density at radius 3 is 2.81 bits per heavy atom. The molecule has 1 N–H and O–H groups in total. The summed E-state index contributed by atoms with van der Waals surface area (Å²) in [5.74, 6) is 0.779. The van der Waals surface area contributed by atoms with Crippen LogP contribution in [0.15, 0.2) is 73.1 Å². The number of fused-ring (bicyclic) bond motifs is 2. The van der Waals surface area contributed by atoms with Gasteiger partial charge in [-0.1, -0.05) is 36.4 Å². The van der Waals surface area contributed by atoms with Gasteiger partial charge in [0.1, 0.15) is 17.8 Å². The quantitative estimate of drug-likeness (QED) is 0.511. The fourth-order valence-corrected chi connectivity index (χ4v) is 3.16. The monoisotopic (exact) mass is 359 g/mol. The minimum Gasteiger partial charge on any atom is -0.491 e. The first-order valence-corrected chi connectivity index (χ1v) is 9.08. The van der Waals surface area contributed by atoms with Crippen LogP contribution in [0.25, 0.3) is 21.8 Å². The zero-order valence-electron chi connectivity index (χ0n) is 15.0. The Morgan fingerprint density at radius 1 is 1.00 bits per heavy atom. The third-order valence-electron chi connectivity index (χ3n) is 4.49. The van der Waals surface area contributed by atoms with Gasteiger partial charge in [0.05, 0.1) is 6.61 Å². The molecule has 4 aromatic rings. The number of benzene rings is 2. The van der Waals surface area contributed by atoms with Crippen molar-refractivity contribution >= 4 is 27.7 Å². The Balaban J connectivity index is 1.25. The maximum Gasteiger partial charge on any atom is 0.239 e. The second kappa shape index (κ2) is 7.91. The zero-order valence-corrected chi connectivity index (χ0v) is 15.0. The molecule has 0 radical (unpaired) electrons. The molecule has 0 spiro atoms. The molecule has 0 bridgehead atoms. The normalized spacial score (nSPS) is 11.0. The molecule has 2 aromatic carbocycles. The van der Waals surface area contributed by atoms with Gasteiger partial charge in [-0.3, -0.25) is 9.78 Å². The zero-order chi connectivity index (χ0) is 18.5. The number of aromatic nitrogens is 2. The summed E-state index contributed by atoms with van der Waals surface area (Å²) in [5.41, 5.74) is 1.93. The predicted octanol–water partition coefficient (Wildman–Crippen LogP) is 3.77. The van der Waals surface area contributed by atoms with Crippen molar-refractivity contribution in [1.82, 2.24) is 14.9 Å². The van der Waals surface area contributed by atoms with Crippen LogP contribution >= 0.6 is 0 Å². The van der Waals surface area contributed by atoms with E-state index in [0.717, 1.165) is 34.0 Å². The lowest BCUT2D eigenvalue weighted by atomic mass is 10.2. The van der Waals surface area contributed by atoms with Crippen molar-refractivity contribution in [3.8, 4) is 5.75 Å². The average molecular weight is 359 g/mol. The van der Waals surface area contributed by atoms with Crippen LogP contribution in [0.1, 0.15) is 6.42 Å². The van der Waals surface area contributed by atoms with Crippen LogP contribution in [0.2, 0.25) is 0 Å². The third-order valence-corrected chi connectivity index (χ3v) is 4.49. The Hall–Kier alpha value is -3.34. The van der Waals surface area contributed by atoms with Crippen molar-refractivity contribution in [2.24, 2.45) is 0 Å². The Labute approximate surface area is 157 Å². The third kappa shape index (κ3) is 3.92. The molecule has 1 amide bonds. The second-order valence-corrected chi connectivity index (χ2v) is 6.39. The van der Waals surface area contributed by atoms with Crippen LogP contribution in [0, 0.1) is 0 Å². The van der Waals surface area contributed by atoms with E-state index < -0.39 is 0 Å². The maximum atomic E-state index is 12.2. The molecule has 2 aromatic heterocycles. The van der Waals surface area contributed by atoms with E-state index in [2.05, 4.69) is 10.3 Å². The first kappa shape index (κ1) is 17.1. The lowest BCUT2D eigenvalue weighted by Crippen LogP contribution is -2.29. The molecular weight excluding hydrogens is 338 g/mol. The number of nitrogens with zero attached hydrogens (tertiary/aromatic N) is 2. The van der Waals surface area contributed by atoms with E-state index in [1.165, 1.54) is 0 Å². The van der Waals surface area contributed by atoms with E-state index in [1.807, 2.05) is 71.4 Å². The predicted molar refractivity (Wildman–Crippen MR) is 107 cm³/mol. The summed E-state index contributed by atoms with van der Waals surface area (Å²) in [6, 6.07) is 19.9. The van der Waals surface area contributed by atoms with E-state index in [-0.39, 0.29) is 5.91 Å². The first-order valence-electron chi connectivity index (χ1n) is 9.08. The van der Waals surface area contributed by atoms with Gasteiger partial charge in [0.25, 0.3) is 0 Å². The van der Waals surface area contributed by atoms with Crippen molar-refractivity contribution in [2.45, 2.75) is 13.0 Å². The Kier molecular flexibility index (Phi) is 5.01. The van der Waals surface area contributed by atoms with Crippen molar-refractivity contribution in [1.29, 1.82) is 0 Å². The lowest BCUT2D eigenvalue weighted by Gasteiger charge is -2.10. The minimum atomic E-state index is 0.00295. The van der Waals surface area contributed by atoms with Crippen LogP contribution in [-0.4, -0.2) is 28.6 Å². The highest BCUT2D eigenvalue weighted by Crippen LogP contribution is 2.22. The number of pyridine rings is 1. The SMILES string of the molecule is O=C(Cn1ccc2ccccc21)NCCCOc1cccc2cccnc12. The van der Waals surface area contributed by atoms with E-state index in [9.17, 15) is 4.79 Å². The number of carbonyl (C=O) groups excluding carboxylic acids is 1. The van der Waals surface area contributed by atoms with E-state index in [4.69, 9.17) is 4.74 Å². The molecule has 0 saturated heterocycles. The molecule has 0 aliphatic carbocycles. The van der Waals surface area contributed by atoms with E-state index in [0.29, 0.717) is 19.7 Å². The molecule has 0 saturated carbocycles. The number of hydrogen-bond donors (Lipinski definition) is 1. The average Bonchev–Trinajstić information content (AvgIpc) is 3.11. The van der Waals surface area contributed by atoms with Crippen LogP contribution in [0.5, 0.6) is 5.75 Å². The van der Waals surface area contributed by atoms with Crippen LogP contribution in [0.3, 0.4) is 0 Å². The second-order valence-electron chi connectivity index (χ2n) is 6.39. The standard InChI is InChI=1S/C22H21N3O2/c26-21(16-25-14-11-17-6-1-2-9-19(17)25)23-13-5-15-27-20-10-3-7-18-8-4-12-24-22(18)20/h1-4,6-12,14H,5,13,15-16H2,(H,23,26). The summed E-state index contributed by atoms with van der Waals surface area (Å²) in [4.78, 5) is 16.6. The number of nitrogens with one attached hydrogen (secondary N) is 1. The van der Waals surface area contributed by atoms with Crippen LogP contribution in [0.4, 0.5) is 0 Å². The smallest absolute Gasteiger partial charge is 0.239 e. The molecule has 0 fully saturated rings. The summed E-state index contributed by atoms with van der Waals surface area (Å²) in [6.45, 7) is 1.43. The Bertz CT molecular complexity index is 1070. The maximum absolute atomic E-state index is 12.2. The summed E-state index contributed by atoms with van der Waals surface area (Å²) < 4.78 is 7.81. The van der Waals surface area contributed by atoms with Crippen molar-refractivity contribution in [3.05, 3.63) is 73.1 Å². The summed E-state index contributed by atoms with van der Waals surface area (Å²) >= 11 is 0. The Morgan fingerprint density at radius 2 is 1.85 bits per heavy atom. The lowest BCUT2D eigenvalue weighted by molar-refractivity contribution is -0.121. The van der Waals surface area contributed by atoms with Gasteiger partial charge in [-0.2, -0.15) is 0 Å². The molecule has 5 heteroatoms. The minimum absolute atomic E-state index is 0.00295. The van der Waals surface area contributed by atoms with Gasteiger partial charge in [-0.25, -0.2) is 0 Å². The number of ether oxygens (including phenoxy) is 1. The van der Waals surface area contributed by atoms with E-state index in [1.54, 1.807) is 6.20 Å². The summed E-state index contributed by atoms with van der Waals surface area (Å²) in [7, 11) is 0. The van der Waals surface area contributed by atoms with Crippen LogP contribution < -0.4 is 10.1 Å². The molecule has 5 nitrogen and oxygen atoms in total. The van der Waals surface area contributed by atoms with Crippen molar-refractivity contribution in [3.63, 3.8) is 0 Å². The fourth-order valence-electron chi connectivity index (χ4n) is 3.16. The molecular formula is C22H21N3O2. The molecule has 0 aliphatic heterocycles. The largest absolute Gasteiger partial charge is 0.491 e. The fraction of sp³-hybridized carbons (Fsp3) is 0.182. The number of hydrogen-bond acceptors (Lipinski definition) is 3. The number of rotatable bonds is 7. The molecule has 2 heterocycles. The summed E-state index contributed by atoms with van der Waals surface area (Å²) in [6.07, 6.45) is 4.45.